The van der Waals surface area contributed by atoms with Gasteiger partial charge < -0.3 is 21.0 Å². The summed E-state index contributed by atoms with van der Waals surface area (Å²) in [6.07, 6.45) is 2.06. The summed E-state index contributed by atoms with van der Waals surface area (Å²) >= 11 is 1.38. The average Bonchev–Trinajstić information content (AvgIpc) is 2.80. The normalized spacial score (nSPS) is 17.2. The fraction of sp³-hybridized carbons (Fsp3) is 0.588. The van der Waals surface area contributed by atoms with E-state index >= 15 is 0 Å². The number of amides is 2. The Morgan fingerprint density at radius 1 is 1.29 bits per heavy atom. The minimum Gasteiger partial charge on any atom is -0.550 e. The van der Waals surface area contributed by atoms with Crippen molar-refractivity contribution in [2.24, 2.45) is 17.1 Å². The van der Waals surface area contributed by atoms with E-state index < -0.39 is 17.8 Å². The number of fused-ring (bicyclic) bond motifs is 1. The van der Waals surface area contributed by atoms with Gasteiger partial charge in [-0.25, -0.2) is 0 Å². The third-order valence-corrected chi connectivity index (χ3v) is 5.72. The smallest absolute Gasteiger partial charge is 0.251 e. The average molecular weight is 351 g/mol. The number of hydrogen-bond acceptors (Lipinski definition) is 5. The van der Waals surface area contributed by atoms with Crippen molar-refractivity contribution in [1.82, 2.24) is 0 Å². The zero-order valence-electron chi connectivity index (χ0n) is 14.2. The largest absolute Gasteiger partial charge is 0.550 e. The molecule has 0 aromatic carbocycles. The molecule has 0 fully saturated rings. The van der Waals surface area contributed by atoms with Crippen molar-refractivity contribution in [2.75, 3.05) is 5.32 Å². The van der Waals surface area contributed by atoms with Gasteiger partial charge in [0, 0.05) is 17.3 Å². The first-order valence-electron chi connectivity index (χ1n) is 8.03. The monoisotopic (exact) mass is 351 g/mol. The van der Waals surface area contributed by atoms with E-state index in [4.69, 9.17) is 5.73 Å². The standard InChI is InChI=1S/C17H24N2O4S/c1-17(2,3)9-4-5-10-11(8-9)24-16(14(10)15(18)23)19-12(20)6-7-13(21)22/h9H,4-8H2,1-3H3,(H2,18,23)(H,19,20)(H,21,22)/p-1. The van der Waals surface area contributed by atoms with E-state index in [2.05, 4.69) is 26.1 Å². The molecule has 0 bridgehead atoms. The first-order valence-corrected chi connectivity index (χ1v) is 8.85. The third kappa shape index (κ3) is 4.14. The first kappa shape index (κ1) is 18.4. The zero-order chi connectivity index (χ0) is 18.1. The van der Waals surface area contributed by atoms with E-state index in [0.717, 1.165) is 29.7 Å². The lowest BCUT2D eigenvalue weighted by Crippen LogP contribution is -2.27. The number of carbonyl (C=O) groups excluding carboxylic acids is 3. The topological polar surface area (TPSA) is 112 Å². The number of rotatable bonds is 5. The molecule has 1 atom stereocenters. The molecule has 1 aliphatic rings. The highest BCUT2D eigenvalue weighted by molar-refractivity contribution is 7.17. The van der Waals surface area contributed by atoms with E-state index in [0.29, 0.717) is 16.5 Å². The summed E-state index contributed by atoms with van der Waals surface area (Å²) < 4.78 is 0. The Morgan fingerprint density at radius 3 is 2.50 bits per heavy atom. The van der Waals surface area contributed by atoms with Gasteiger partial charge in [0.2, 0.25) is 5.91 Å². The maximum Gasteiger partial charge on any atom is 0.251 e. The van der Waals surface area contributed by atoms with E-state index in [1.165, 1.54) is 11.3 Å². The van der Waals surface area contributed by atoms with Gasteiger partial charge in [0.15, 0.2) is 0 Å². The SMILES string of the molecule is CC(C)(C)C1CCc2c(sc(NC(=O)CCC(=O)[O-])c2C(N)=O)C1. The number of nitrogens with two attached hydrogens (primary N) is 1. The molecule has 0 radical (unpaired) electrons. The second kappa shape index (κ2) is 6.93. The molecular formula is C17H23N2O4S-. The lowest BCUT2D eigenvalue weighted by atomic mass is 9.72. The van der Waals surface area contributed by atoms with Crippen LogP contribution in [-0.4, -0.2) is 17.8 Å². The van der Waals surface area contributed by atoms with Gasteiger partial charge in [0.25, 0.3) is 5.91 Å². The number of aliphatic carboxylic acids is 1. The fourth-order valence-electron chi connectivity index (χ4n) is 3.08. The molecule has 1 aliphatic carbocycles. The Bertz CT molecular complexity index is 673. The second-order valence-corrected chi connectivity index (χ2v) is 8.40. The minimum atomic E-state index is -1.28. The minimum absolute atomic E-state index is 0.173. The van der Waals surface area contributed by atoms with Crippen molar-refractivity contribution in [3.05, 3.63) is 16.0 Å². The lowest BCUT2D eigenvalue weighted by Gasteiger charge is -2.33. The summed E-state index contributed by atoms with van der Waals surface area (Å²) in [5.74, 6) is -1.78. The van der Waals surface area contributed by atoms with Crippen LogP contribution in [0.4, 0.5) is 5.00 Å². The van der Waals surface area contributed by atoms with Gasteiger partial charge >= 0.3 is 0 Å². The van der Waals surface area contributed by atoms with Gasteiger partial charge in [0.05, 0.1) is 5.56 Å². The number of hydrogen-bond donors (Lipinski definition) is 2. The van der Waals surface area contributed by atoms with Crippen LogP contribution in [0.1, 0.15) is 60.8 Å². The molecule has 1 unspecified atom stereocenters. The number of nitrogens with one attached hydrogen (secondary N) is 1. The van der Waals surface area contributed by atoms with Crippen LogP contribution in [0.15, 0.2) is 0 Å². The summed E-state index contributed by atoms with van der Waals surface area (Å²) in [4.78, 5) is 35.3. The molecule has 1 aromatic rings. The molecule has 3 N–H and O–H groups in total. The molecule has 2 rings (SSSR count). The van der Waals surface area contributed by atoms with Crippen molar-refractivity contribution in [2.45, 2.75) is 52.9 Å². The Hall–Kier alpha value is -1.89. The molecule has 7 heteroatoms. The van der Waals surface area contributed by atoms with Gasteiger partial charge in [-0.05, 0) is 42.6 Å². The first-order chi connectivity index (χ1) is 11.1. The van der Waals surface area contributed by atoms with Gasteiger partial charge in [0.1, 0.15) is 5.00 Å². The van der Waals surface area contributed by atoms with Gasteiger partial charge in [-0.15, -0.1) is 11.3 Å². The van der Waals surface area contributed by atoms with Crippen LogP contribution < -0.4 is 16.2 Å². The number of carbonyl (C=O) groups is 3. The second-order valence-electron chi connectivity index (χ2n) is 7.30. The van der Waals surface area contributed by atoms with Crippen LogP contribution in [-0.2, 0) is 22.4 Å². The lowest BCUT2D eigenvalue weighted by molar-refractivity contribution is -0.305. The number of anilines is 1. The molecule has 0 aliphatic heterocycles. The Balaban J connectivity index is 2.24. The van der Waals surface area contributed by atoms with E-state index in [1.54, 1.807) is 0 Å². The number of primary amides is 1. The Morgan fingerprint density at radius 2 is 1.96 bits per heavy atom. The molecule has 2 amide bonds. The molecule has 1 aromatic heterocycles. The summed E-state index contributed by atoms with van der Waals surface area (Å²) in [5.41, 5.74) is 7.00. The van der Waals surface area contributed by atoms with Crippen LogP contribution in [0.25, 0.3) is 0 Å². The number of carboxylic acid groups (broad SMARTS) is 1. The fourth-order valence-corrected chi connectivity index (χ4v) is 4.43. The van der Waals surface area contributed by atoms with Crippen LogP contribution in [0, 0.1) is 11.3 Å². The summed E-state index contributed by atoms with van der Waals surface area (Å²) in [6, 6.07) is 0. The highest BCUT2D eigenvalue weighted by Gasteiger charge is 2.33. The number of thiophene rings is 1. The van der Waals surface area contributed by atoms with Crippen LogP contribution in [0.2, 0.25) is 0 Å². The quantitative estimate of drug-likeness (QED) is 0.836. The molecule has 1 heterocycles. The summed E-state index contributed by atoms with van der Waals surface area (Å²) in [7, 11) is 0. The zero-order valence-corrected chi connectivity index (χ0v) is 15.0. The predicted octanol–water partition coefficient (Wildman–Crippen LogP) is 1.47. The van der Waals surface area contributed by atoms with Crippen molar-refractivity contribution in [1.29, 1.82) is 0 Å². The molecular weight excluding hydrogens is 328 g/mol. The summed E-state index contributed by atoms with van der Waals surface area (Å²) in [5, 5.41) is 13.5. The van der Waals surface area contributed by atoms with Gasteiger partial charge in [-0.2, -0.15) is 0 Å². The van der Waals surface area contributed by atoms with Crippen molar-refractivity contribution >= 4 is 34.1 Å². The Kier molecular flexibility index (Phi) is 5.32. The molecule has 0 saturated heterocycles. The van der Waals surface area contributed by atoms with Crippen molar-refractivity contribution < 1.29 is 19.5 Å². The summed E-state index contributed by atoms with van der Waals surface area (Å²) in [6.45, 7) is 6.61. The van der Waals surface area contributed by atoms with Crippen molar-refractivity contribution in [3.8, 4) is 0 Å². The number of carboxylic acids is 1. The molecule has 132 valence electrons. The highest BCUT2D eigenvalue weighted by atomic mass is 32.1. The maximum absolute atomic E-state index is 11.9. The van der Waals surface area contributed by atoms with Gasteiger partial charge in [-0.3, -0.25) is 9.59 Å². The van der Waals surface area contributed by atoms with E-state index in [-0.39, 0.29) is 18.3 Å². The van der Waals surface area contributed by atoms with Crippen LogP contribution in [0.3, 0.4) is 0 Å². The molecule has 24 heavy (non-hydrogen) atoms. The van der Waals surface area contributed by atoms with Gasteiger partial charge in [-0.1, -0.05) is 20.8 Å². The molecule has 0 saturated carbocycles. The predicted molar refractivity (Wildman–Crippen MR) is 90.7 cm³/mol. The maximum atomic E-state index is 11.9. The third-order valence-electron chi connectivity index (χ3n) is 4.55. The molecule has 0 spiro atoms. The molecule has 6 nitrogen and oxygen atoms in total. The van der Waals surface area contributed by atoms with Crippen LogP contribution in [0.5, 0.6) is 0 Å². The van der Waals surface area contributed by atoms with Crippen molar-refractivity contribution in [3.63, 3.8) is 0 Å². The van der Waals surface area contributed by atoms with E-state index in [9.17, 15) is 19.5 Å². The van der Waals surface area contributed by atoms with E-state index in [1.807, 2.05) is 0 Å². The highest BCUT2D eigenvalue weighted by Crippen LogP contribution is 2.44. The Labute approximate surface area is 145 Å². The van der Waals surface area contributed by atoms with Crippen LogP contribution >= 0.6 is 11.3 Å².